The fourth-order valence-electron chi connectivity index (χ4n) is 1.90. The van der Waals surface area contributed by atoms with Gasteiger partial charge in [0.1, 0.15) is 10.7 Å². The lowest BCUT2D eigenvalue weighted by Crippen LogP contribution is -2.54. The van der Waals surface area contributed by atoms with Crippen LogP contribution < -0.4 is 10.5 Å². The standard InChI is InChI=1S/C11H13Cl2FN2O2S/c12-8-4-7(14)5-9(13)10(8)19(17,18)16-6-11(15)2-1-3-11/h4-5,16H,1-3,6,15H2. The third kappa shape index (κ3) is 3.20. The molecular formula is C11H13Cl2FN2O2S. The minimum atomic E-state index is -3.91. The number of halogens is 3. The van der Waals surface area contributed by atoms with Crippen LogP contribution in [0.15, 0.2) is 17.0 Å². The zero-order chi connectivity index (χ0) is 14.3. The normalized spacial score (nSPS) is 18.1. The van der Waals surface area contributed by atoms with Gasteiger partial charge in [-0.25, -0.2) is 17.5 Å². The molecule has 0 aliphatic heterocycles. The minimum Gasteiger partial charge on any atom is -0.324 e. The van der Waals surface area contributed by atoms with Crippen LogP contribution in [0.4, 0.5) is 4.39 Å². The predicted molar refractivity (Wildman–Crippen MR) is 72.4 cm³/mol. The van der Waals surface area contributed by atoms with Crippen molar-refractivity contribution >= 4 is 33.2 Å². The molecule has 8 heteroatoms. The summed E-state index contributed by atoms with van der Waals surface area (Å²) in [5.41, 5.74) is 5.43. The van der Waals surface area contributed by atoms with Crippen LogP contribution in [-0.2, 0) is 10.0 Å². The van der Waals surface area contributed by atoms with Gasteiger partial charge in [0.05, 0.1) is 10.0 Å². The van der Waals surface area contributed by atoms with Crippen molar-refractivity contribution in [1.82, 2.24) is 4.72 Å². The molecule has 0 aromatic heterocycles. The Morgan fingerprint density at radius 3 is 2.26 bits per heavy atom. The van der Waals surface area contributed by atoms with Crippen molar-refractivity contribution < 1.29 is 12.8 Å². The molecule has 0 radical (unpaired) electrons. The van der Waals surface area contributed by atoms with Gasteiger partial charge in [-0.05, 0) is 31.4 Å². The Hall–Kier alpha value is -0.400. The van der Waals surface area contributed by atoms with E-state index in [0.717, 1.165) is 31.4 Å². The average Bonchev–Trinajstić information content (AvgIpc) is 2.22. The van der Waals surface area contributed by atoms with Gasteiger partial charge in [-0.1, -0.05) is 23.2 Å². The number of nitrogens with two attached hydrogens (primary N) is 1. The molecule has 4 nitrogen and oxygen atoms in total. The second kappa shape index (κ2) is 5.18. The number of hydrogen-bond acceptors (Lipinski definition) is 3. The van der Waals surface area contributed by atoms with Crippen molar-refractivity contribution in [3.63, 3.8) is 0 Å². The van der Waals surface area contributed by atoms with Gasteiger partial charge in [0.15, 0.2) is 0 Å². The first-order chi connectivity index (χ1) is 8.73. The molecule has 106 valence electrons. The number of benzene rings is 1. The van der Waals surface area contributed by atoms with E-state index in [0.29, 0.717) is 0 Å². The van der Waals surface area contributed by atoms with E-state index in [-0.39, 0.29) is 21.5 Å². The SMILES string of the molecule is NC1(CNS(=O)(=O)c2c(Cl)cc(F)cc2Cl)CCC1. The Kier molecular flexibility index (Phi) is 4.09. The summed E-state index contributed by atoms with van der Waals surface area (Å²) in [5, 5.41) is -0.505. The Morgan fingerprint density at radius 2 is 1.84 bits per heavy atom. The van der Waals surface area contributed by atoms with E-state index < -0.39 is 21.4 Å². The van der Waals surface area contributed by atoms with Crippen molar-refractivity contribution in [2.24, 2.45) is 5.73 Å². The van der Waals surface area contributed by atoms with Gasteiger partial charge >= 0.3 is 0 Å². The Labute approximate surface area is 121 Å². The van der Waals surface area contributed by atoms with E-state index >= 15 is 0 Å². The molecule has 19 heavy (non-hydrogen) atoms. The number of sulfonamides is 1. The van der Waals surface area contributed by atoms with Crippen molar-refractivity contribution in [2.45, 2.75) is 29.7 Å². The Balaban J connectivity index is 2.24. The molecule has 0 unspecified atom stereocenters. The third-order valence-electron chi connectivity index (χ3n) is 3.20. The topological polar surface area (TPSA) is 72.2 Å². The molecule has 1 fully saturated rings. The minimum absolute atomic E-state index is 0.110. The molecule has 0 heterocycles. The predicted octanol–water partition coefficient (Wildman–Crippen LogP) is 2.29. The molecule has 0 spiro atoms. The summed E-state index contributed by atoms with van der Waals surface area (Å²) in [4.78, 5) is -0.319. The molecule has 1 aliphatic carbocycles. The Bertz CT molecular complexity index is 580. The summed E-state index contributed by atoms with van der Waals surface area (Å²) in [5.74, 6) is -0.691. The molecule has 1 aromatic carbocycles. The van der Waals surface area contributed by atoms with Crippen molar-refractivity contribution in [1.29, 1.82) is 0 Å². The van der Waals surface area contributed by atoms with Crippen molar-refractivity contribution in [2.75, 3.05) is 6.54 Å². The molecular weight excluding hydrogens is 314 g/mol. The van der Waals surface area contributed by atoms with E-state index in [2.05, 4.69) is 4.72 Å². The molecule has 0 saturated heterocycles. The molecule has 0 bridgehead atoms. The molecule has 1 aliphatic rings. The summed E-state index contributed by atoms with van der Waals surface area (Å²) >= 11 is 11.5. The van der Waals surface area contributed by atoms with Crippen LogP contribution in [0.5, 0.6) is 0 Å². The van der Waals surface area contributed by atoms with Crippen molar-refractivity contribution in [3.05, 3.63) is 28.0 Å². The highest BCUT2D eigenvalue weighted by Gasteiger charge is 2.34. The van der Waals surface area contributed by atoms with Gasteiger partial charge < -0.3 is 5.73 Å². The third-order valence-corrected chi connectivity index (χ3v) is 5.52. The molecule has 0 amide bonds. The van der Waals surface area contributed by atoms with Crippen LogP contribution in [0.1, 0.15) is 19.3 Å². The fraction of sp³-hybridized carbons (Fsp3) is 0.455. The molecule has 3 N–H and O–H groups in total. The largest absolute Gasteiger partial charge is 0.324 e. The first-order valence-electron chi connectivity index (χ1n) is 5.67. The van der Waals surface area contributed by atoms with Gasteiger partial charge in [-0.15, -0.1) is 0 Å². The second-order valence-corrected chi connectivity index (χ2v) is 7.26. The first-order valence-corrected chi connectivity index (χ1v) is 7.91. The van der Waals surface area contributed by atoms with Gasteiger partial charge in [0.2, 0.25) is 10.0 Å². The molecule has 1 aromatic rings. The number of nitrogens with one attached hydrogen (secondary N) is 1. The quantitative estimate of drug-likeness (QED) is 0.891. The van der Waals surface area contributed by atoms with Crippen LogP contribution in [0.25, 0.3) is 0 Å². The molecule has 0 atom stereocenters. The highest BCUT2D eigenvalue weighted by molar-refractivity contribution is 7.89. The van der Waals surface area contributed by atoms with E-state index in [1.807, 2.05) is 0 Å². The lowest BCUT2D eigenvalue weighted by molar-refractivity contribution is 0.251. The van der Waals surface area contributed by atoms with E-state index in [1.54, 1.807) is 0 Å². The van der Waals surface area contributed by atoms with Gasteiger partial charge in [-0.3, -0.25) is 0 Å². The van der Waals surface area contributed by atoms with E-state index in [1.165, 1.54) is 0 Å². The summed E-state index contributed by atoms with van der Waals surface area (Å²) in [7, 11) is -3.91. The lowest BCUT2D eigenvalue weighted by Gasteiger charge is -2.38. The number of hydrogen-bond donors (Lipinski definition) is 2. The lowest BCUT2D eigenvalue weighted by atomic mass is 9.78. The van der Waals surface area contributed by atoms with Crippen molar-refractivity contribution in [3.8, 4) is 0 Å². The average molecular weight is 327 g/mol. The van der Waals surface area contributed by atoms with Gasteiger partial charge in [0, 0.05) is 12.1 Å². The van der Waals surface area contributed by atoms with Crippen LogP contribution in [0.3, 0.4) is 0 Å². The fourth-order valence-corrected chi connectivity index (χ4v) is 4.23. The summed E-state index contributed by atoms with van der Waals surface area (Å²) in [6.45, 7) is 0.110. The van der Waals surface area contributed by atoms with Crippen LogP contribution in [0.2, 0.25) is 10.0 Å². The highest BCUT2D eigenvalue weighted by Crippen LogP contribution is 2.32. The molecule has 2 rings (SSSR count). The summed E-state index contributed by atoms with van der Waals surface area (Å²) in [6.07, 6.45) is 2.51. The zero-order valence-corrected chi connectivity index (χ0v) is 12.2. The Morgan fingerprint density at radius 1 is 1.32 bits per heavy atom. The van der Waals surface area contributed by atoms with Gasteiger partial charge in [0.25, 0.3) is 0 Å². The maximum absolute atomic E-state index is 13.0. The smallest absolute Gasteiger partial charge is 0.243 e. The second-order valence-electron chi connectivity index (χ2n) is 4.74. The first kappa shape index (κ1) is 15.0. The van der Waals surface area contributed by atoms with Crippen LogP contribution in [0, 0.1) is 5.82 Å². The summed E-state index contributed by atoms with van der Waals surface area (Å²) < 4.78 is 39.6. The number of rotatable bonds is 4. The zero-order valence-electron chi connectivity index (χ0n) is 9.92. The maximum atomic E-state index is 13.0. The maximum Gasteiger partial charge on any atom is 0.243 e. The van der Waals surface area contributed by atoms with E-state index in [9.17, 15) is 12.8 Å². The highest BCUT2D eigenvalue weighted by atomic mass is 35.5. The monoisotopic (exact) mass is 326 g/mol. The van der Waals surface area contributed by atoms with Crippen LogP contribution >= 0.6 is 23.2 Å². The summed E-state index contributed by atoms with van der Waals surface area (Å²) in [6, 6.07) is 1.81. The van der Waals surface area contributed by atoms with E-state index in [4.69, 9.17) is 28.9 Å². The van der Waals surface area contributed by atoms with Gasteiger partial charge in [-0.2, -0.15) is 0 Å². The molecule has 1 saturated carbocycles. The van der Waals surface area contributed by atoms with Crippen LogP contribution in [-0.4, -0.2) is 20.5 Å².